The second-order valence-electron chi connectivity index (χ2n) is 4.07. The highest BCUT2D eigenvalue weighted by Gasteiger charge is 2.05. The van der Waals surface area contributed by atoms with Crippen LogP contribution in [-0.2, 0) is 0 Å². The molecule has 0 fully saturated rings. The van der Waals surface area contributed by atoms with Crippen LogP contribution in [0.15, 0.2) is 42.7 Å². The van der Waals surface area contributed by atoms with Crippen molar-refractivity contribution in [1.29, 1.82) is 0 Å². The van der Waals surface area contributed by atoms with Gasteiger partial charge >= 0.3 is 6.03 Å². The minimum absolute atomic E-state index is 0.0812. The maximum Gasteiger partial charge on any atom is 0.326 e. The smallest absolute Gasteiger partial charge is 0.324 e. The second-order valence-corrected chi connectivity index (χ2v) is 4.07. The van der Waals surface area contributed by atoms with E-state index in [0.717, 1.165) is 5.56 Å². The number of rotatable bonds is 3. The molecule has 0 spiro atoms. The van der Waals surface area contributed by atoms with Crippen LogP contribution in [0.3, 0.4) is 0 Å². The molecule has 6 heteroatoms. The lowest BCUT2D eigenvalue weighted by molar-refractivity contribution is 0.262. The Hall–Kier alpha value is -2.47. The quantitative estimate of drug-likeness (QED) is 0.785. The van der Waals surface area contributed by atoms with Crippen LogP contribution in [0.5, 0.6) is 0 Å². The molecule has 4 N–H and O–H groups in total. The minimum atomic E-state index is -0.395. The van der Waals surface area contributed by atoms with E-state index in [-0.39, 0.29) is 12.0 Å². The first kappa shape index (κ1) is 13.0. The van der Waals surface area contributed by atoms with E-state index in [1.165, 1.54) is 0 Å². The third kappa shape index (κ3) is 3.75. The Morgan fingerprint density at radius 1 is 1.21 bits per heavy atom. The molecule has 1 aromatic carbocycles. The number of hydrogen-bond acceptors (Lipinski definition) is 4. The third-order valence-corrected chi connectivity index (χ3v) is 2.46. The predicted molar refractivity (Wildman–Crippen MR) is 73.7 cm³/mol. The number of anilines is 2. The van der Waals surface area contributed by atoms with Gasteiger partial charge in [-0.1, -0.05) is 12.1 Å². The van der Waals surface area contributed by atoms with Gasteiger partial charge in [-0.15, -0.1) is 0 Å². The van der Waals surface area contributed by atoms with Gasteiger partial charge in [0.2, 0.25) is 5.95 Å². The van der Waals surface area contributed by atoms with E-state index in [2.05, 4.69) is 20.6 Å². The van der Waals surface area contributed by atoms with Crippen molar-refractivity contribution in [3.63, 3.8) is 0 Å². The summed E-state index contributed by atoms with van der Waals surface area (Å²) < 4.78 is 0. The molecule has 0 aliphatic heterocycles. The van der Waals surface area contributed by atoms with E-state index in [1.807, 2.05) is 25.1 Å². The molecule has 19 heavy (non-hydrogen) atoms. The Morgan fingerprint density at radius 2 is 1.95 bits per heavy atom. The molecule has 2 amide bonds. The van der Waals surface area contributed by atoms with Gasteiger partial charge in [0, 0.05) is 24.1 Å². The molecule has 6 nitrogen and oxygen atoms in total. The number of carbonyl (C=O) groups excluding carboxylic acids is 1. The fraction of sp³-hybridized carbons (Fsp3) is 0.154. The highest BCUT2D eigenvalue weighted by Crippen LogP contribution is 2.15. The van der Waals surface area contributed by atoms with Gasteiger partial charge in [-0.2, -0.15) is 0 Å². The number of carbonyl (C=O) groups is 1. The van der Waals surface area contributed by atoms with Crippen molar-refractivity contribution in [2.75, 3.05) is 10.6 Å². The van der Waals surface area contributed by atoms with Crippen LogP contribution < -0.4 is 16.4 Å². The molecule has 98 valence electrons. The van der Waals surface area contributed by atoms with Crippen LogP contribution in [0, 0.1) is 0 Å². The van der Waals surface area contributed by atoms with Gasteiger partial charge in [-0.3, -0.25) is 5.32 Å². The average molecular weight is 257 g/mol. The van der Waals surface area contributed by atoms with E-state index < -0.39 is 6.03 Å². The van der Waals surface area contributed by atoms with E-state index in [1.54, 1.807) is 24.5 Å². The molecule has 1 unspecified atom stereocenters. The Morgan fingerprint density at radius 3 is 2.63 bits per heavy atom. The first-order chi connectivity index (χ1) is 9.15. The van der Waals surface area contributed by atoms with Crippen molar-refractivity contribution in [2.24, 2.45) is 5.73 Å². The lowest BCUT2D eigenvalue weighted by atomic mass is 10.1. The summed E-state index contributed by atoms with van der Waals surface area (Å²) in [6, 6.07) is 8.57. The number of hydrogen-bond donors (Lipinski definition) is 3. The van der Waals surface area contributed by atoms with Crippen molar-refractivity contribution >= 4 is 17.7 Å². The van der Waals surface area contributed by atoms with Gasteiger partial charge < -0.3 is 11.1 Å². The number of urea groups is 1. The number of amides is 2. The average Bonchev–Trinajstić information content (AvgIpc) is 2.40. The standard InChI is InChI=1S/C13H15N5O/c1-9(14)10-4-2-5-11(8-10)17-13(19)18-12-15-6-3-7-16-12/h2-9H,14H2,1H3,(H2,15,16,17,18,19). The molecule has 2 rings (SSSR count). The summed E-state index contributed by atoms with van der Waals surface area (Å²) in [7, 11) is 0. The van der Waals surface area contributed by atoms with Gasteiger partial charge in [-0.25, -0.2) is 14.8 Å². The molecular formula is C13H15N5O. The summed E-state index contributed by atoms with van der Waals surface area (Å²) in [5.41, 5.74) is 7.41. The first-order valence-corrected chi connectivity index (χ1v) is 5.86. The van der Waals surface area contributed by atoms with Crippen LogP contribution in [0.25, 0.3) is 0 Å². The largest absolute Gasteiger partial charge is 0.326 e. The fourth-order valence-corrected chi connectivity index (χ4v) is 1.53. The SMILES string of the molecule is CC(N)c1cccc(NC(=O)Nc2ncccn2)c1. The lowest BCUT2D eigenvalue weighted by Crippen LogP contribution is -2.21. The van der Waals surface area contributed by atoms with Gasteiger partial charge in [0.1, 0.15) is 0 Å². The maximum absolute atomic E-state index is 11.7. The predicted octanol–water partition coefficient (Wildman–Crippen LogP) is 2.14. The van der Waals surface area contributed by atoms with Crippen molar-refractivity contribution in [3.05, 3.63) is 48.3 Å². The third-order valence-electron chi connectivity index (χ3n) is 2.46. The van der Waals surface area contributed by atoms with Crippen molar-refractivity contribution in [3.8, 4) is 0 Å². The molecule has 0 saturated heterocycles. The van der Waals surface area contributed by atoms with Crippen LogP contribution in [0.4, 0.5) is 16.4 Å². The first-order valence-electron chi connectivity index (χ1n) is 5.86. The molecule has 0 bridgehead atoms. The summed E-state index contributed by atoms with van der Waals surface area (Å²) in [6.45, 7) is 1.89. The molecule has 0 radical (unpaired) electrons. The van der Waals surface area contributed by atoms with E-state index in [4.69, 9.17) is 5.73 Å². The van der Waals surface area contributed by atoms with E-state index >= 15 is 0 Å². The molecule has 1 heterocycles. The summed E-state index contributed by atoms with van der Waals surface area (Å²) in [5, 5.41) is 5.24. The normalized spacial score (nSPS) is 11.7. The number of aromatic nitrogens is 2. The molecule has 0 aliphatic rings. The maximum atomic E-state index is 11.7. The Kier molecular flexibility index (Phi) is 4.04. The Balaban J connectivity index is 2.01. The zero-order valence-electron chi connectivity index (χ0n) is 10.5. The summed E-state index contributed by atoms with van der Waals surface area (Å²) in [5.74, 6) is 0.253. The highest BCUT2D eigenvalue weighted by molar-refractivity contribution is 5.98. The number of nitrogens with two attached hydrogens (primary N) is 1. The van der Waals surface area contributed by atoms with E-state index in [9.17, 15) is 4.79 Å². The Bertz CT molecular complexity index is 556. The number of benzene rings is 1. The van der Waals surface area contributed by atoms with Crippen LogP contribution in [0.2, 0.25) is 0 Å². The topological polar surface area (TPSA) is 92.9 Å². The molecule has 1 atom stereocenters. The highest BCUT2D eigenvalue weighted by atomic mass is 16.2. The number of nitrogens with one attached hydrogen (secondary N) is 2. The van der Waals surface area contributed by atoms with Gasteiger partial charge in [-0.05, 0) is 30.7 Å². The molecule has 0 saturated carbocycles. The zero-order valence-corrected chi connectivity index (χ0v) is 10.5. The monoisotopic (exact) mass is 257 g/mol. The van der Waals surface area contributed by atoms with Gasteiger partial charge in [0.15, 0.2) is 0 Å². The molecule has 0 aliphatic carbocycles. The lowest BCUT2D eigenvalue weighted by Gasteiger charge is -2.09. The van der Waals surface area contributed by atoms with Crippen LogP contribution in [0.1, 0.15) is 18.5 Å². The van der Waals surface area contributed by atoms with Crippen molar-refractivity contribution in [2.45, 2.75) is 13.0 Å². The second kappa shape index (κ2) is 5.92. The Labute approximate surface area is 111 Å². The minimum Gasteiger partial charge on any atom is -0.324 e. The molecule has 2 aromatic rings. The van der Waals surface area contributed by atoms with Gasteiger partial charge in [0.05, 0.1) is 0 Å². The molecular weight excluding hydrogens is 242 g/mol. The fourth-order valence-electron chi connectivity index (χ4n) is 1.53. The van der Waals surface area contributed by atoms with Crippen LogP contribution >= 0.6 is 0 Å². The van der Waals surface area contributed by atoms with Crippen molar-refractivity contribution in [1.82, 2.24) is 9.97 Å². The van der Waals surface area contributed by atoms with Gasteiger partial charge in [0.25, 0.3) is 0 Å². The summed E-state index contributed by atoms with van der Waals surface area (Å²) in [6.07, 6.45) is 3.11. The summed E-state index contributed by atoms with van der Waals surface area (Å²) >= 11 is 0. The zero-order chi connectivity index (χ0) is 13.7. The van der Waals surface area contributed by atoms with Crippen molar-refractivity contribution < 1.29 is 4.79 Å². The molecule has 1 aromatic heterocycles. The van der Waals surface area contributed by atoms with E-state index in [0.29, 0.717) is 5.69 Å². The summed E-state index contributed by atoms with van der Waals surface area (Å²) in [4.78, 5) is 19.5. The number of nitrogens with zero attached hydrogens (tertiary/aromatic N) is 2. The van der Waals surface area contributed by atoms with Crippen LogP contribution in [-0.4, -0.2) is 16.0 Å².